The lowest BCUT2D eigenvalue weighted by Crippen LogP contribution is -2.71. The van der Waals surface area contributed by atoms with Gasteiger partial charge in [0.25, 0.3) is 0 Å². The Kier molecular flexibility index (Phi) is 6.98. The van der Waals surface area contributed by atoms with E-state index in [-0.39, 0.29) is 11.6 Å². The largest absolute Gasteiger partial charge is 0.450 e. The van der Waals surface area contributed by atoms with Crippen molar-refractivity contribution >= 4 is 6.09 Å². The molecule has 0 aliphatic heterocycles. The molecule has 3 N–H and O–H groups in total. The summed E-state index contributed by atoms with van der Waals surface area (Å²) in [5.41, 5.74) is 9.33. The van der Waals surface area contributed by atoms with Crippen molar-refractivity contribution in [2.45, 2.75) is 103 Å². The van der Waals surface area contributed by atoms with E-state index in [4.69, 9.17) is 10.5 Å². The Hall–Kier alpha value is -1.55. The normalized spacial score (nSPS) is 42.5. The molecule has 4 nitrogen and oxygen atoms in total. The first kappa shape index (κ1) is 25.1. The summed E-state index contributed by atoms with van der Waals surface area (Å²) in [5.74, 6) is 3.69. The molecular formula is C31H48N2O2. The molecule has 4 fully saturated rings. The van der Waals surface area contributed by atoms with Gasteiger partial charge < -0.3 is 15.8 Å². The van der Waals surface area contributed by atoms with Crippen LogP contribution >= 0.6 is 0 Å². The Balaban J connectivity index is 1.21. The summed E-state index contributed by atoms with van der Waals surface area (Å²) in [6, 6.07) is 10.0. The predicted octanol–water partition coefficient (Wildman–Crippen LogP) is 7.07. The van der Waals surface area contributed by atoms with Crippen molar-refractivity contribution in [2.24, 2.45) is 46.2 Å². The topological polar surface area (TPSA) is 64.3 Å². The SMILES string of the molecule is CC[C@H]1CC2C3CCC(CCOC(=O)NCc4ccccc4)C3(C)CC[C@]2(N)C2(C)CCCCC12. The van der Waals surface area contributed by atoms with Crippen molar-refractivity contribution in [2.75, 3.05) is 6.61 Å². The Morgan fingerprint density at radius 3 is 2.60 bits per heavy atom. The van der Waals surface area contributed by atoms with Gasteiger partial charge in [-0.2, -0.15) is 0 Å². The molecule has 4 saturated carbocycles. The van der Waals surface area contributed by atoms with Crippen LogP contribution < -0.4 is 11.1 Å². The molecule has 1 aromatic rings. The Morgan fingerprint density at radius 2 is 1.83 bits per heavy atom. The number of carbonyl (C=O) groups excluding carboxylic acids is 1. The lowest BCUT2D eigenvalue weighted by molar-refractivity contribution is -0.152. The van der Waals surface area contributed by atoms with Crippen LogP contribution in [0, 0.1) is 40.4 Å². The van der Waals surface area contributed by atoms with Crippen LogP contribution in [0.5, 0.6) is 0 Å². The van der Waals surface area contributed by atoms with Crippen LogP contribution in [-0.2, 0) is 11.3 Å². The maximum atomic E-state index is 12.3. The highest BCUT2D eigenvalue weighted by molar-refractivity contribution is 5.67. The lowest BCUT2D eigenvalue weighted by atomic mass is 9.39. The number of fused-ring (bicyclic) bond motifs is 5. The van der Waals surface area contributed by atoms with Gasteiger partial charge in [0.15, 0.2) is 0 Å². The van der Waals surface area contributed by atoms with Gasteiger partial charge in [0.1, 0.15) is 0 Å². The molecule has 35 heavy (non-hydrogen) atoms. The molecule has 6 unspecified atom stereocenters. The Morgan fingerprint density at radius 1 is 1.03 bits per heavy atom. The van der Waals surface area contributed by atoms with Crippen LogP contribution in [0.1, 0.15) is 97.0 Å². The number of hydrogen-bond acceptors (Lipinski definition) is 3. The van der Waals surface area contributed by atoms with Crippen LogP contribution in [0.3, 0.4) is 0 Å². The van der Waals surface area contributed by atoms with Crippen molar-refractivity contribution in [1.82, 2.24) is 5.32 Å². The molecule has 1 aromatic carbocycles. The molecule has 4 heteroatoms. The van der Waals surface area contributed by atoms with Crippen LogP contribution in [0.25, 0.3) is 0 Å². The van der Waals surface area contributed by atoms with E-state index >= 15 is 0 Å². The van der Waals surface area contributed by atoms with E-state index in [0.717, 1.165) is 29.7 Å². The third-order valence-electron chi connectivity index (χ3n) is 11.8. The van der Waals surface area contributed by atoms with E-state index in [2.05, 4.69) is 26.1 Å². The molecule has 0 aromatic heterocycles. The van der Waals surface area contributed by atoms with Gasteiger partial charge in [-0.15, -0.1) is 0 Å². The highest BCUT2D eigenvalue weighted by Gasteiger charge is 2.66. The number of alkyl carbamates (subject to hydrolysis) is 1. The van der Waals surface area contributed by atoms with Crippen molar-refractivity contribution < 1.29 is 9.53 Å². The van der Waals surface area contributed by atoms with E-state index in [9.17, 15) is 4.79 Å². The predicted molar refractivity (Wildman–Crippen MR) is 142 cm³/mol. The number of nitrogens with one attached hydrogen (secondary N) is 1. The number of ether oxygens (including phenoxy) is 1. The maximum Gasteiger partial charge on any atom is 0.407 e. The van der Waals surface area contributed by atoms with Gasteiger partial charge in [-0.25, -0.2) is 4.79 Å². The van der Waals surface area contributed by atoms with Crippen LogP contribution in [0.4, 0.5) is 4.79 Å². The summed E-state index contributed by atoms with van der Waals surface area (Å²) >= 11 is 0. The molecule has 0 radical (unpaired) electrons. The first-order valence-corrected chi connectivity index (χ1v) is 14.6. The number of nitrogens with two attached hydrogens (primary N) is 1. The molecular weight excluding hydrogens is 432 g/mol. The quantitative estimate of drug-likeness (QED) is 0.458. The summed E-state index contributed by atoms with van der Waals surface area (Å²) < 4.78 is 5.62. The minimum atomic E-state index is -0.299. The highest BCUT2D eigenvalue weighted by atomic mass is 16.5. The summed E-state index contributed by atoms with van der Waals surface area (Å²) in [4.78, 5) is 12.3. The zero-order chi connectivity index (χ0) is 24.7. The van der Waals surface area contributed by atoms with Crippen molar-refractivity contribution in [3.8, 4) is 0 Å². The van der Waals surface area contributed by atoms with E-state index in [1.54, 1.807) is 0 Å². The summed E-state index contributed by atoms with van der Waals surface area (Å²) in [6.07, 6.45) is 13.8. The third-order valence-corrected chi connectivity index (χ3v) is 11.8. The summed E-state index contributed by atoms with van der Waals surface area (Å²) in [6.45, 7) is 8.59. The lowest BCUT2D eigenvalue weighted by Gasteiger charge is -2.68. The van der Waals surface area contributed by atoms with Gasteiger partial charge in [0, 0.05) is 12.1 Å². The average molecular weight is 481 g/mol. The van der Waals surface area contributed by atoms with Crippen LogP contribution in [0.15, 0.2) is 30.3 Å². The second kappa shape index (κ2) is 9.72. The van der Waals surface area contributed by atoms with Gasteiger partial charge in [0.2, 0.25) is 0 Å². The summed E-state index contributed by atoms with van der Waals surface area (Å²) in [7, 11) is 0. The van der Waals surface area contributed by atoms with Crippen LogP contribution in [-0.4, -0.2) is 18.2 Å². The molecule has 4 aliphatic rings. The zero-order valence-corrected chi connectivity index (χ0v) is 22.4. The van der Waals surface area contributed by atoms with Crippen molar-refractivity contribution in [1.29, 1.82) is 0 Å². The van der Waals surface area contributed by atoms with Crippen LogP contribution in [0.2, 0.25) is 0 Å². The minimum absolute atomic E-state index is 0.0106. The Bertz CT molecular complexity index is 889. The van der Waals surface area contributed by atoms with E-state index in [1.165, 1.54) is 64.2 Å². The van der Waals surface area contributed by atoms with E-state index in [0.29, 0.717) is 35.8 Å². The number of benzene rings is 1. The van der Waals surface area contributed by atoms with Gasteiger partial charge in [-0.1, -0.05) is 70.4 Å². The summed E-state index contributed by atoms with van der Waals surface area (Å²) in [5, 5.41) is 2.90. The number of hydrogen-bond donors (Lipinski definition) is 2. The Labute approximate surface area is 213 Å². The van der Waals surface area contributed by atoms with Gasteiger partial charge in [-0.05, 0) is 97.3 Å². The third kappa shape index (κ3) is 4.22. The van der Waals surface area contributed by atoms with E-state index in [1.807, 2.05) is 30.3 Å². The monoisotopic (exact) mass is 480 g/mol. The minimum Gasteiger partial charge on any atom is -0.450 e. The van der Waals surface area contributed by atoms with Crippen molar-refractivity contribution in [3.63, 3.8) is 0 Å². The molecule has 8 atom stereocenters. The first-order chi connectivity index (χ1) is 16.8. The molecule has 5 rings (SSSR count). The highest BCUT2D eigenvalue weighted by Crippen LogP contribution is 2.69. The second-order valence-electron chi connectivity index (χ2n) is 13.0. The molecule has 0 saturated heterocycles. The molecule has 0 heterocycles. The first-order valence-electron chi connectivity index (χ1n) is 14.6. The molecule has 1 amide bonds. The number of rotatable bonds is 6. The molecule has 194 valence electrons. The molecule has 4 aliphatic carbocycles. The molecule has 0 bridgehead atoms. The van der Waals surface area contributed by atoms with Gasteiger partial charge in [0.05, 0.1) is 6.61 Å². The van der Waals surface area contributed by atoms with Crippen molar-refractivity contribution in [3.05, 3.63) is 35.9 Å². The fourth-order valence-corrected chi connectivity index (χ4v) is 9.72. The second-order valence-corrected chi connectivity index (χ2v) is 13.0. The van der Waals surface area contributed by atoms with Gasteiger partial charge in [-0.3, -0.25) is 0 Å². The fourth-order valence-electron chi connectivity index (χ4n) is 9.72. The van der Waals surface area contributed by atoms with Gasteiger partial charge >= 0.3 is 6.09 Å². The zero-order valence-electron chi connectivity index (χ0n) is 22.4. The standard InChI is InChI=1S/C31H48N2O2/c1-4-23-20-27-26-14-13-24(15-19-35-28(34)33-21-22-10-6-5-7-11-22)29(26,2)17-18-31(27,32)30(3)16-9-8-12-25(23)30/h5-7,10-11,23-27H,4,8-9,12-21,32H2,1-3H3,(H,33,34)/t23-,24?,25?,26?,27?,29?,30?,31+/m0/s1. The smallest absolute Gasteiger partial charge is 0.407 e. The average Bonchev–Trinajstić information content (AvgIpc) is 3.20. The number of carbonyl (C=O) groups is 1. The fraction of sp³-hybridized carbons (Fsp3) is 0.774. The molecule has 0 spiro atoms. The van der Waals surface area contributed by atoms with E-state index < -0.39 is 0 Å². The number of amides is 1. The maximum absolute atomic E-state index is 12.3.